The highest BCUT2D eigenvalue weighted by Gasteiger charge is 2.45. The first kappa shape index (κ1) is 33.0. The third kappa shape index (κ3) is 5.92. The molecular formula is C41H37F3N4O3. The van der Waals surface area contributed by atoms with Gasteiger partial charge in [0.05, 0.1) is 30.0 Å². The number of nitrogens with one attached hydrogen (secondary N) is 1. The van der Waals surface area contributed by atoms with Gasteiger partial charge in [-0.15, -0.1) is 0 Å². The quantitative estimate of drug-likeness (QED) is 0.167. The van der Waals surface area contributed by atoms with Crippen molar-refractivity contribution in [2.24, 2.45) is 0 Å². The highest BCUT2D eigenvalue weighted by atomic mass is 19.4. The molecule has 2 aliphatic rings. The number of nitrogens with zero attached hydrogens (tertiary/aromatic N) is 3. The van der Waals surface area contributed by atoms with Gasteiger partial charge in [-0.25, -0.2) is 4.79 Å². The third-order valence-corrected chi connectivity index (χ3v) is 10.2. The number of oxazole rings is 1. The molecular weight excluding hydrogens is 653 g/mol. The Morgan fingerprint density at radius 2 is 1.49 bits per heavy atom. The van der Waals surface area contributed by atoms with E-state index in [4.69, 9.17) is 9.15 Å². The summed E-state index contributed by atoms with van der Waals surface area (Å²) in [6.07, 6.45) is -1.72. The van der Waals surface area contributed by atoms with Crippen molar-refractivity contribution in [1.29, 1.82) is 0 Å². The third-order valence-electron chi connectivity index (χ3n) is 10.2. The van der Waals surface area contributed by atoms with Crippen molar-refractivity contribution in [3.05, 3.63) is 166 Å². The topological polar surface area (TPSA) is 72.5 Å². The van der Waals surface area contributed by atoms with Gasteiger partial charge in [-0.3, -0.25) is 14.5 Å². The zero-order chi connectivity index (χ0) is 35.2. The fourth-order valence-electron chi connectivity index (χ4n) is 8.04. The first-order chi connectivity index (χ1) is 24.7. The molecule has 2 aliphatic heterocycles. The van der Waals surface area contributed by atoms with E-state index in [1.807, 2.05) is 103 Å². The molecule has 4 heterocycles. The first-order valence-electron chi connectivity index (χ1n) is 17.2. The smallest absolute Gasteiger partial charge is 0.421 e. The Kier molecular flexibility index (Phi) is 8.52. The van der Waals surface area contributed by atoms with E-state index in [1.54, 1.807) is 29.8 Å². The number of pyridine rings is 1. The molecule has 0 saturated carbocycles. The summed E-state index contributed by atoms with van der Waals surface area (Å²) in [6, 6.07) is 35.2. The summed E-state index contributed by atoms with van der Waals surface area (Å²) >= 11 is 0. The molecule has 0 radical (unpaired) electrons. The maximum Gasteiger partial charge on any atom is 0.421 e. The minimum atomic E-state index is -4.44. The van der Waals surface area contributed by atoms with Crippen LogP contribution in [0.4, 0.5) is 13.2 Å². The van der Waals surface area contributed by atoms with E-state index in [9.17, 15) is 18.0 Å². The van der Waals surface area contributed by atoms with Crippen molar-refractivity contribution in [3.63, 3.8) is 0 Å². The minimum Gasteiger partial charge on any atom is -0.487 e. The second-order valence-electron chi connectivity index (χ2n) is 13.4. The fraction of sp³-hybridized carbons (Fsp3) is 0.268. The van der Waals surface area contributed by atoms with Gasteiger partial charge in [0.25, 0.3) is 0 Å². The standard InChI is InChI=1S/C41H37F3N4O3/c1-27-23-34-33(37(47(27)26-40(42,43)44)35-19-17-31(25-46-35)50-32-21-22-45-24-32)18-20-36-38(34)51-39(49)48(36)41(28-11-5-2-6-12-28,29-13-7-3-8-14-29)30-15-9-4-10-16-30/h2-20,25,27,32,37,45H,21-24,26H2,1H3/t27-,32+,37+/m1/s1. The average Bonchev–Trinajstić information content (AvgIpc) is 3.78. The summed E-state index contributed by atoms with van der Waals surface area (Å²) in [5.74, 6) is -0.00517. The Balaban J connectivity index is 1.34. The van der Waals surface area contributed by atoms with Gasteiger partial charge in [0.1, 0.15) is 17.4 Å². The highest BCUT2D eigenvalue weighted by Crippen LogP contribution is 2.45. The number of fused-ring (bicyclic) bond motifs is 3. The SMILES string of the molecule is C[C@@H]1Cc2c(ccc3c2oc(=O)n3C(c2ccccc2)(c2ccccc2)c2ccccc2)[C@@H](c2ccc(O[C@H]3CCNC3)cn2)N1CC(F)(F)F. The molecule has 51 heavy (non-hydrogen) atoms. The number of alkyl halides is 3. The van der Waals surface area contributed by atoms with Crippen LogP contribution >= 0.6 is 0 Å². The Morgan fingerprint density at radius 3 is 2.02 bits per heavy atom. The van der Waals surface area contributed by atoms with Crippen LogP contribution in [0.15, 0.2) is 131 Å². The second-order valence-corrected chi connectivity index (χ2v) is 13.4. The van der Waals surface area contributed by atoms with Gasteiger partial charge in [0.15, 0.2) is 5.58 Å². The lowest BCUT2D eigenvalue weighted by molar-refractivity contribution is -0.155. The Labute approximate surface area is 293 Å². The van der Waals surface area contributed by atoms with Crippen molar-refractivity contribution < 1.29 is 22.3 Å². The highest BCUT2D eigenvalue weighted by molar-refractivity contribution is 5.80. The van der Waals surface area contributed by atoms with E-state index in [0.717, 1.165) is 36.2 Å². The van der Waals surface area contributed by atoms with E-state index in [-0.39, 0.29) is 12.5 Å². The van der Waals surface area contributed by atoms with Gasteiger partial charge in [-0.2, -0.15) is 13.2 Å². The molecule has 0 aliphatic carbocycles. The molecule has 260 valence electrons. The second kappa shape index (κ2) is 13.2. The summed E-state index contributed by atoms with van der Waals surface area (Å²) < 4.78 is 56.4. The van der Waals surface area contributed by atoms with Crippen LogP contribution in [0, 0.1) is 0 Å². The zero-order valence-corrected chi connectivity index (χ0v) is 28.0. The van der Waals surface area contributed by atoms with Crippen LogP contribution in [-0.4, -0.2) is 52.4 Å². The van der Waals surface area contributed by atoms with Crippen molar-refractivity contribution >= 4 is 11.1 Å². The van der Waals surface area contributed by atoms with Gasteiger partial charge in [-0.1, -0.05) is 97.1 Å². The zero-order valence-electron chi connectivity index (χ0n) is 28.0. The molecule has 0 unspecified atom stereocenters. The van der Waals surface area contributed by atoms with Gasteiger partial charge in [0.2, 0.25) is 0 Å². The molecule has 6 aromatic rings. The van der Waals surface area contributed by atoms with Gasteiger partial charge < -0.3 is 14.5 Å². The molecule has 7 nitrogen and oxygen atoms in total. The summed E-state index contributed by atoms with van der Waals surface area (Å²) in [6.45, 7) is 2.26. The van der Waals surface area contributed by atoms with E-state index < -0.39 is 36.1 Å². The molecule has 0 bridgehead atoms. The minimum absolute atomic E-state index is 0.0183. The summed E-state index contributed by atoms with van der Waals surface area (Å²) in [7, 11) is 0. The van der Waals surface area contributed by atoms with Crippen LogP contribution in [0.5, 0.6) is 5.75 Å². The number of aromatic nitrogens is 2. The van der Waals surface area contributed by atoms with Crippen molar-refractivity contribution in [1.82, 2.24) is 19.8 Å². The lowest BCUT2D eigenvalue weighted by Crippen LogP contribution is -2.47. The number of benzene rings is 4. The summed E-state index contributed by atoms with van der Waals surface area (Å²) in [5.41, 5.74) is 4.12. The number of ether oxygens (including phenoxy) is 1. The Bertz CT molecular complexity index is 2080. The molecule has 3 atom stereocenters. The van der Waals surface area contributed by atoms with E-state index in [1.165, 1.54) is 4.90 Å². The number of hydrogen-bond acceptors (Lipinski definition) is 6. The predicted octanol–water partition coefficient (Wildman–Crippen LogP) is 7.47. The van der Waals surface area contributed by atoms with Crippen molar-refractivity contribution in [3.8, 4) is 5.75 Å². The normalized spacial score (nSPS) is 19.6. The largest absolute Gasteiger partial charge is 0.487 e. The first-order valence-corrected chi connectivity index (χ1v) is 17.2. The maximum absolute atomic E-state index is 14.5. The summed E-state index contributed by atoms with van der Waals surface area (Å²) in [4.78, 5) is 20.6. The monoisotopic (exact) mass is 690 g/mol. The average molecular weight is 691 g/mol. The van der Waals surface area contributed by atoms with Gasteiger partial charge in [-0.05, 0) is 66.8 Å². The molecule has 4 aromatic carbocycles. The van der Waals surface area contributed by atoms with E-state index in [2.05, 4.69) is 10.3 Å². The van der Waals surface area contributed by atoms with Crippen LogP contribution in [0.3, 0.4) is 0 Å². The van der Waals surface area contributed by atoms with Gasteiger partial charge in [0, 0.05) is 18.2 Å². The number of rotatable bonds is 8. The van der Waals surface area contributed by atoms with E-state index >= 15 is 0 Å². The summed E-state index contributed by atoms with van der Waals surface area (Å²) in [5, 5.41) is 3.26. The molecule has 1 fully saturated rings. The van der Waals surface area contributed by atoms with Crippen molar-refractivity contribution in [2.75, 3.05) is 19.6 Å². The van der Waals surface area contributed by atoms with Crippen LogP contribution in [0.25, 0.3) is 11.1 Å². The molecule has 10 heteroatoms. The maximum atomic E-state index is 14.5. The molecule has 8 rings (SSSR count). The van der Waals surface area contributed by atoms with Crippen molar-refractivity contribution in [2.45, 2.75) is 49.7 Å². The van der Waals surface area contributed by atoms with Crippen LogP contribution < -0.4 is 15.8 Å². The molecule has 0 spiro atoms. The predicted molar refractivity (Wildman–Crippen MR) is 189 cm³/mol. The number of halogens is 3. The van der Waals surface area contributed by atoms with E-state index in [0.29, 0.717) is 33.7 Å². The Hall–Kier alpha value is -5.19. The van der Waals surface area contributed by atoms with Crippen LogP contribution in [0.2, 0.25) is 0 Å². The lowest BCUT2D eigenvalue weighted by atomic mass is 9.76. The van der Waals surface area contributed by atoms with Gasteiger partial charge >= 0.3 is 11.9 Å². The van der Waals surface area contributed by atoms with Crippen LogP contribution in [-0.2, 0) is 12.0 Å². The molecule has 1 N–H and O–H groups in total. The molecule has 2 aromatic heterocycles. The molecule has 1 saturated heterocycles. The lowest BCUT2D eigenvalue weighted by Gasteiger charge is -2.42. The fourth-order valence-corrected chi connectivity index (χ4v) is 8.04. The number of hydrogen-bond donors (Lipinski definition) is 1. The Morgan fingerprint density at radius 1 is 0.863 bits per heavy atom. The van der Waals surface area contributed by atoms with Crippen LogP contribution in [0.1, 0.15) is 52.9 Å². The molecule has 0 amide bonds.